The van der Waals surface area contributed by atoms with Crippen LogP contribution in [0.3, 0.4) is 0 Å². The van der Waals surface area contributed by atoms with Gasteiger partial charge in [0.1, 0.15) is 0 Å². The van der Waals surface area contributed by atoms with Crippen LogP contribution < -0.4 is 5.32 Å². The van der Waals surface area contributed by atoms with Crippen molar-refractivity contribution in [1.82, 2.24) is 10.2 Å². The van der Waals surface area contributed by atoms with Crippen molar-refractivity contribution in [3.8, 4) is 0 Å². The van der Waals surface area contributed by atoms with Crippen molar-refractivity contribution >= 4 is 0 Å². The second-order valence-electron chi connectivity index (χ2n) is 6.65. The molecule has 18 heavy (non-hydrogen) atoms. The van der Waals surface area contributed by atoms with Gasteiger partial charge < -0.3 is 10.1 Å². The zero-order chi connectivity index (χ0) is 13.0. The molecule has 1 atom stereocenters. The summed E-state index contributed by atoms with van der Waals surface area (Å²) in [4.78, 5) is 2.72. The van der Waals surface area contributed by atoms with Gasteiger partial charge in [-0.3, -0.25) is 4.90 Å². The summed E-state index contributed by atoms with van der Waals surface area (Å²) in [5.74, 6) is 0.866. The highest BCUT2D eigenvalue weighted by atomic mass is 16.5. The van der Waals surface area contributed by atoms with Crippen molar-refractivity contribution in [3.63, 3.8) is 0 Å². The summed E-state index contributed by atoms with van der Waals surface area (Å²) in [6, 6.07) is 0.875. The molecule has 1 heterocycles. The number of hydrogen-bond acceptors (Lipinski definition) is 3. The largest absolute Gasteiger partial charge is 0.379 e. The Morgan fingerprint density at radius 3 is 2.61 bits per heavy atom. The minimum atomic E-state index is 0.0257. The molecule has 0 amide bonds. The summed E-state index contributed by atoms with van der Waals surface area (Å²) in [7, 11) is 1.83. The summed E-state index contributed by atoms with van der Waals surface area (Å²) in [5, 5.41) is 3.53. The molecule has 2 rings (SSSR count). The molecule has 3 nitrogen and oxygen atoms in total. The molecule has 0 bridgehead atoms. The minimum Gasteiger partial charge on any atom is -0.379 e. The van der Waals surface area contributed by atoms with Gasteiger partial charge >= 0.3 is 0 Å². The summed E-state index contributed by atoms with van der Waals surface area (Å²) in [5.41, 5.74) is 0.0257. The van der Waals surface area contributed by atoms with Crippen molar-refractivity contribution in [3.05, 3.63) is 0 Å². The Hall–Kier alpha value is -0.120. The fourth-order valence-corrected chi connectivity index (χ4v) is 2.79. The molecule has 3 heteroatoms. The van der Waals surface area contributed by atoms with Gasteiger partial charge in [0.15, 0.2) is 0 Å². The maximum atomic E-state index is 5.54. The van der Waals surface area contributed by atoms with Gasteiger partial charge in [0, 0.05) is 26.2 Å². The number of nitrogens with zero attached hydrogens (tertiary/aromatic N) is 1. The molecule has 0 spiro atoms. The number of methoxy groups -OCH3 is 1. The quantitative estimate of drug-likeness (QED) is 0.754. The Bertz CT molecular complexity index is 245. The second kappa shape index (κ2) is 6.36. The topological polar surface area (TPSA) is 24.5 Å². The van der Waals surface area contributed by atoms with Crippen molar-refractivity contribution in [2.24, 2.45) is 5.92 Å². The number of hydrogen-bond donors (Lipinski definition) is 1. The molecule has 1 saturated carbocycles. The zero-order valence-corrected chi connectivity index (χ0v) is 12.4. The van der Waals surface area contributed by atoms with E-state index in [9.17, 15) is 0 Å². The maximum absolute atomic E-state index is 5.54. The van der Waals surface area contributed by atoms with Crippen molar-refractivity contribution in [2.75, 3.05) is 33.3 Å². The smallest absolute Gasteiger partial charge is 0.0634 e. The normalized spacial score (nSPS) is 25.7. The standard InChI is InChI=1S/C15H30N2O/c1-15(2,18-3)8-10-17(14-6-7-14)12-13-5-4-9-16-11-13/h13-14,16H,4-12H2,1-3H3. The summed E-state index contributed by atoms with van der Waals surface area (Å²) in [6.07, 6.45) is 6.72. The fraction of sp³-hybridized carbons (Fsp3) is 1.00. The van der Waals surface area contributed by atoms with Crippen LogP contribution in [0, 0.1) is 5.92 Å². The van der Waals surface area contributed by atoms with E-state index in [1.165, 1.54) is 51.9 Å². The van der Waals surface area contributed by atoms with Crippen LogP contribution in [-0.4, -0.2) is 49.8 Å². The molecular weight excluding hydrogens is 224 g/mol. The molecule has 0 aromatic heterocycles. The number of nitrogens with one attached hydrogen (secondary N) is 1. The van der Waals surface area contributed by atoms with Gasteiger partial charge in [-0.25, -0.2) is 0 Å². The van der Waals surface area contributed by atoms with Gasteiger partial charge in [-0.2, -0.15) is 0 Å². The van der Waals surface area contributed by atoms with E-state index in [4.69, 9.17) is 4.74 Å². The third kappa shape index (κ3) is 4.52. The third-order valence-corrected chi connectivity index (χ3v) is 4.51. The monoisotopic (exact) mass is 254 g/mol. The van der Waals surface area contributed by atoms with E-state index in [1.807, 2.05) is 7.11 Å². The van der Waals surface area contributed by atoms with Crippen LogP contribution in [0.1, 0.15) is 46.0 Å². The van der Waals surface area contributed by atoms with Crippen LogP contribution in [0.2, 0.25) is 0 Å². The van der Waals surface area contributed by atoms with E-state index in [0.29, 0.717) is 0 Å². The van der Waals surface area contributed by atoms with Crippen LogP contribution in [-0.2, 0) is 4.74 Å². The highest BCUT2D eigenvalue weighted by Gasteiger charge is 2.31. The zero-order valence-electron chi connectivity index (χ0n) is 12.4. The van der Waals surface area contributed by atoms with E-state index in [1.54, 1.807) is 0 Å². The molecule has 1 unspecified atom stereocenters. The van der Waals surface area contributed by atoms with Crippen LogP contribution in [0.25, 0.3) is 0 Å². The Kier molecular flexibility index (Phi) is 5.05. The van der Waals surface area contributed by atoms with Crippen LogP contribution in [0.5, 0.6) is 0 Å². The first-order valence-corrected chi connectivity index (χ1v) is 7.60. The van der Waals surface area contributed by atoms with Gasteiger partial charge in [-0.05, 0) is 65.0 Å². The number of rotatable bonds is 7. The highest BCUT2D eigenvalue weighted by Crippen LogP contribution is 2.29. The Morgan fingerprint density at radius 1 is 1.28 bits per heavy atom. The molecule has 1 aliphatic carbocycles. The van der Waals surface area contributed by atoms with Gasteiger partial charge in [0.2, 0.25) is 0 Å². The molecule has 2 fully saturated rings. The van der Waals surface area contributed by atoms with Gasteiger partial charge in [-0.1, -0.05) is 0 Å². The second-order valence-corrected chi connectivity index (χ2v) is 6.65. The minimum absolute atomic E-state index is 0.0257. The predicted molar refractivity (Wildman–Crippen MR) is 75.9 cm³/mol. The van der Waals surface area contributed by atoms with Crippen molar-refractivity contribution < 1.29 is 4.74 Å². The van der Waals surface area contributed by atoms with Crippen molar-refractivity contribution in [2.45, 2.75) is 57.6 Å². The van der Waals surface area contributed by atoms with Crippen LogP contribution >= 0.6 is 0 Å². The van der Waals surface area contributed by atoms with Crippen LogP contribution in [0.15, 0.2) is 0 Å². The molecule has 2 aliphatic rings. The lowest BCUT2D eigenvalue weighted by Crippen LogP contribution is -2.41. The Balaban J connectivity index is 1.76. The molecule has 1 N–H and O–H groups in total. The molecule has 1 aliphatic heterocycles. The van der Waals surface area contributed by atoms with Crippen molar-refractivity contribution in [1.29, 1.82) is 0 Å². The van der Waals surface area contributed by atoms with E-state index < -0.39 is 0 Å². The van der Waals surface area contributed by atoms with Gasteiger partial charge in [0.25, 0.3) is 0 Å². The summed E-state index contributed by atoms with van der Waals surface area (Å²) in [6.45, 7) is 9.31. The maximum Gasteiger partial charge on any atom is 0.0634 e. The summed E-state index contributed by atoms with van der Waals surface area (Å²) < 4.78 is 5.54. The lowest BCUT2D eigenvalue weighted by Gasteiger charge is -2.32. The SMILES string of the molecule is COC(C)(C)CCN(CC1CCCNC1)C1CC1. The van der Waals surface area contributed by atoms with Gasteiger partial charge in [-0.15, -0.1) is 0 Å². The van der Waals surface area contributed by atoms with E-state index in [2.05, 4.69) is 24.1 Å². The highest BCUT2D eigenvalue weighted by molar-refractivity contribution is 4.87. The first-order valence-electron chi connectivity index (χ1n) is 7.60. The average molecular weight is 254 g/mol. The molecule has 1 saturated heterocycles. The van der Waals surface area contributed by atoms with E-state index >= 15 is 0 Å². The molecule has 106 valence electrons. The first-order chi connectivity index (χ1) is 8.61. The first kappa shape index (κ1) is 14.3. The molecule has 0 aromatic rings. The number of ether oxygens (including phenoxy) is 1. The lowest BCUT2D eigenvalue weighted by molar-refractivity contribution is 0.00530. The average Bonchev–Trinajstić information content (AvgIpc) is 3.20. The molecular formula is C15H30N2O. The third-order valence-electron chi connectivity index (χ3n) is 4.51. The van der Waals surface area contributed by atoms with E-state index in [-0.39, 0.29) is 5.60 Å². The van der Waals surface area contributed by atoms with E-state index in [0.717, 1.165) is 18.4 Å². The Morgan fingerprint density at radius 2 is 2.06 bits per heavy atom. The van der Waals surface area contributed by atoms with Gasteiger partial charge in [0.05, 0.1) is 5.60 Å². The number of piperidine rings is 1. The molecule has 0 radical (unpaired) electrons. The summed E-state index contributed by atoms with van der Waals surface area (Å²) >= 11 is 0. The Labute approximate surface area is 112 Å². The predicted octanol–water partition coefficient (Wildman–Crippen LogP) is 2.27. The molecule has 0 aromatic carbocycles. The van der Waals surface area contributed by atoms with Crippen LogP contribution in [0.4, 0.5) is 0 Å². The lowest BCUT2D eigenvalue weighted by atomic mass is 9.98. The fourth-order valence-electron chi connectivity index (χ4n) is 2.79.